The molecule has 0 radical (unpaired) electrons. The van der Waals surface area contributed by atoms with Gasteiger partial charge >= 0.3 is 0 Å². The van der Waals surface area contributed by atoms with E-state index in [9.17, 15) is 8.42 Å². The van der Waals surface area contributed by atoms with Crippen LogP contribution in [0.3, 0.4) is 0 Å². The van der Waals surface area contributed by atoms with E-state index in [1.54, 1.807) is 0 Å². The molecule has 3 aromatic rings. The maximum atomic E-state index is 12.6. The van der Waals surface area contributed by atoms with E-state index in [1.165, 1.54) is 35.6 Å². The fourth-order valence-corrected chi connectivity index (χ4v) is 5.03. The average molecular weight is 397 g/mol. The summed E-state index contributed by atoms with van der Waals surface area (Å²) >= 11 is 7.12. The van der Waals surface area contributed by atoms with Crippen molar-refractivity contribution in [1.82, 2.24) is 4.57 Å². The van der Waals surface area contributed by atoms with Crippen LogP contribution < -0.4 is 14.3 Å². The Balaban J connectivity index is 1.91. The molecule has 9 heteroatoms. The van der Waals surface area contributed by atoms with Gasteiger partial charge in [-0.05, 0) is 31.2 Å². The smallest absolute Gasteiger partial charge is 0.285 e. The minimum Gasteiger partial charge on any atom is -0.454 e. The number of hydrogen-bond acceptors (Lipinski definition) is 5. The number of aryl methyl sites for hydroxylation is 1. The van der Waals surface area contributed by atoms with Gasteiger partial charge in [-0.2, -0.15) is 8.42 Å². The van der Waals surface area contributed by atoms with E-state index in [4.69, 9.17) is 21.1 Å². The van der Waals surface area contributed by atoms with Crippen LogP contribution in [-0.4, -0.2) is 19.8 Å². The van der Waals surface area contributed by atoms with E-state index in [0.717, 1.165) is 10.2 Å². The monoisotopic (exact) mass is 396 g/mol. The molecule has 6 nitrogen and oxygen atoms in total. The third-order valence-electron chi connectivity index (χ3n) is 3.80. The summed E-state index contributed by atoms with van der Waals surface area (Å²) in [5, 5.41) is 0.471. The zero-order chi connectivity index (χ0) is 17.6. The normalized spacial score (nSPS) is 14.4. The number of aromatic nitrogens is 1. The van der Waals surface area contributed by atoms with Crippen molar-refractivity contribution in [3.8, 4) is 11.5 Å². The number of halogens is 1. The second-order valence-corrected chi connectivity index (χ2v) is 8.37. The van der Waals surface area contributed by atoms with E-state index in [-0.39, 0.29) is 11.7 Å². The lowest BCUT2D eigenvalue weighted by molar-refractivity contribution is 0.174. The van der Waals surface area contributed by atoms with Gasteiger partial charge in [0.15, 0.2) is 11.5 Å². The molecule has 0 spiro atoms. The summed E-state index contributed by atoms with van der Waals surface area (Å²) in [6, 6.07) is 9.65. The Bertz CT molecular complexity index is 1130. The fraction of sp³-hybridized carbons (Fsp3) is 0.188. The van der Waals surface area contributed by atoms with E-state index >= 15 is 0 Å². The summed E-state index contributed by atoms with van der Waals surface area (Å²) in [5.41, 5.74) is 0.863. The van der Waals surface area contributed by atoms with Gasteiger partial charge in [0.2, 0.25) is 11.6 Å². The first-order valence-corrected chi connectivity index (χ1v) is 10.1. The quantitative estimate of drug-likeness (QED) is 0.680. The Morgan fingerprint density at radius 1 is 1.20 bits per heavy atom. The van der Waals surface area contributed by atoms with Crippen molar-refractivity contribution in [1.29, 1.82) is 0 Å². The molecule has 0 fully saturated rings. The highest BCUT2D eigenvalue weighted by Crippen LogP contribution is 2.37. The minimum atomic E-state index is -3.83. The number of hydrogen-bond donors (Lipinski definition) is 0. The molecule has 0 bridgehead atoms. The molecule has 2 heterocycles. The predicted octanol–water partition coefficient (Wildman–Crippen LogP) is 3.39. The minimum absolute atomic E-state index is 0.103. The lowest BCUT2D eigenvalue weighted by atomic mass is 10.3. The van der Waals surface area contributed by atoms with Crippen molar-refractivity contribution in [2.75, 3.05) is 6.79 Å². The van der Waals surface area contributed by atoms with Crippen LogP contribution in [-0.2, 0) is 16.6 Å². The zero-order valence-electron chi connectivity index (χ0n) is 13.1. The third-order valence-corrected chi connectivity index (χ3v) is 6.49. The van der Waals surface area contributed by atoms with Crippen LogP contribution in [0, 0.1) is 0 Å². The van der Waals surface area contributed by atoms with Gasteiger partial charge in [-0.1, -0.05) is 22.9 Å². The number of rotatable bonds is 3. The van der Waals surface area contributed by atoms with Gasteiger partial charge in [0.25, 0.3) is 10.0 Å². The van der Waals surface area contributed by atoms with Crippen molar-refractivity contribution >= 4 is 43.2 Å². The van der Waals surface area contributed by atoms with Gasteiger partial charge in [0.1, 0.15) is 0 Å². The lowest BCUT2D eigenvalue weighted by Crippen LogP contribution is -2.16. The van der Waals surface area contributed by atoms with Crippen molar-refractivity contribution in [3.05, 3.63) is 46.2 Å². The van der Waals surface area contributed by atoms with Crippen LogP contribution in [0.5, 0.6) is 11.5 Å². The van der Waals surface area contributed by atoms with Crippen molar-refractivity contribution in [3.63, 3.8) is 0 Å². The summed E-state index contributed by atoms with van der Waals surface area (Å²) in [5.74, 6) is 1.31. The Morgan fingerprint density at radius 3 is 2.56 bits per heavy atom. The highest BCUT2D eigenvalue weighted by Gasteiger charge is 2.19. The second-order valence-electron chi connectivity index (χ2n) is 5.32. The summed E-state index contributed by atoms with van der Waals surface area (Å²) in [6.07, 6.45) is 0. The summed E-state index contributed by atoms with van der Waals surface area (Å²) in [4.78, 5) is 0.502. The molecule has 2 aromatic carbocycles. The van der Waals surface area contributed by atoms with Crippen molar-refractivity contribution in [2.24, 2.45) is 4.40 Å². The van der Waals surface area contributed by atoms with E-state index in [0.29, 0.717) is 27.9 Å². The first-order valence-electron chi connectivity index (χ1n) is 7.47. The van der Waals surface area contributed by atoms with Crippen LogP contribution in [0.1, 0.15) is 6.92 Å². The number of fused-ring (bicyclic) bond motifs is 2. The zero-order valence-corrected chi connectivity index (χ0v) is 15.5. The van der Waals surface area contributed by atoms with E-state index in [1.807, 2.05) is 23.6 Å². The van der Waals surface area contributed by atoms with Gasteiger partial charge in [-0.3, -0.25) is 0 Å². The molecular weight excluding hydrogens is 384 g/mol. The molecular formula is C16H13ClN2O4S2. The second kappa shape index (κ2) is 6.05. The molecule has 0 unspecified atom stereocenters. The van der Waals surface area contributed by atoms with Crippen LogP contribution in [0.15, 0.2) is 45.7 Å². The molecule has 0 saturated carbocycles. The molecule has 130 valence electrons. The fourth-order valence-electron chi connectivity index (χ4n) is 2.60. The molecule has 0 atom stereocenters. The standard InChI is InChI=1S/C16H13ClN2O4S2/c1-2-19-12-7-13-14(23-9-22-13)8-15(12)24-16(19)18-25(20,21)11-5-3-10(17)4-6-11/h3-8H,2,9H2,1H3/b18-16-. The molecule has 4 rings (SSSR count). The van der Waals surface area contributed by atoms with Gasteiger partial charge < -0.3 is 14.0 Å². The largest absolute Gasteiger partial charge is 0.454 e. The first kappa shape index (κ1) is 16.4. The molecule has 0 N–H and O–H groups in total. The highest BCUT2D eigenvalue weighted by atomic mass is 35.5. The lowest BCUT2D eigenvalue weighted by Gasteiger charge is -2.02. The number of thiazole rings is 1. The van der Waals surface area contributed by atoms with Gasteiger partial charge in [-0.15, -0.1) is 4.40 Å². The van der Waals surface area contributed by atoms with Gasteiger partial charge in [0, 0.05) is 23.7 Å². The summed E-state index contributed by atoms with van der Waals surface area (Å²) < 4.78 is 42.7. The maximum absolute atomic E-state index is 12.6. The number of benzene rings is 2. The predicted molar refractivity (Wildman–Crippen MR) is 95.8 cm³/mol. The number of nitrogens with zero attached hydrogens (tertiary/aromatic N) is 2. The molecule has 1 aromatic heterocycles. The van der Waals surface area contributed by atoms with Crippen molar-refractivity contribution < 1.29 is 17.9 Å². The van der Waals surface area contributed by atoms with Crippen LogP contribution in [0.2, 0.25) is 5.02 Å². The molecule has 1 aliphatic rings. The molecule has 25 heavy (non-hydrogen) atoms. The van der Waals surface area contributed by atoms with Crippen LogP contribution in [0.4, 0.5) is 0 Å². The molecule has 0 saturated heterocycles. The topological polar surface area (TPSA) is 69.9 Å². The van der Waals surface area contributed by atoms with Crippen molar-refractivity contribution in [2.45, 2.75) is 18.4 Å². The number of ether oxygens (including phenoxy) is 2. The summed E-state index contributed by atoms with van der Waals surface area (Å²) in [6.45, 7) is 2.71. The first-order chi connectivity index (χ1) is 12.0. The summed E-state index contributed by atoms with van der Waals surface area (Å²) in [7, 11) is -3.83. The van der Waals surface area contributed by atoms with E-state index < -0.39 is 10.0 Å². The highest BCUT2D eigenvalue weighted by molar-refractivity contribution is 7.90. The third kappa shape index (κ3) is 2.90. The molecule has 0 amide bonds. The molecule has 1 aliphatic heterocycles. The SMILES string of the molecule is CCn1/c(=N/S(=O)(=O)c2ccc(Cl)cc2)sc2cc3c(cc21)OCO3. The van der Waals surface area contributed by atoms with Crippen LogP contribution in [0.25, 0.3) is 10.2 Å². The Hall–Kier alpha value is -2.03. The maximum Gasteiger partial charge on any atom is 0.285 e. The Kier molecular flexibility index (Phi) is 3.98. The Labute approximate surface area is 153 Å². The van der Waals surface area contributed by atoms with Gasteiger partial charge in [0.05, 0.1) is 15.1 Å². The average Bonchev–Trinajstić information content (AvgIpc) is 3.15. The number of sulfonamides is 1. The van der Waals surface area contributed by atoms with E-state index in [2.05, 4.69) is 4.40 Å². The molecule has 0 aliphatic carbocycles. The van der Waals surface area contributed by atoms with Crippen LogP contribution >= 0.6 is 22.9 Å². The Morgan fingerprint density at radius 2 is 1.88 bits per heavy atom. The van der Waals surface area contributed by atoms with Gasteiger partial charge in [-0.25, -0.2) is 0 Å².